The van der Waals surface area contributed by atoms with Crippen LogP contribution in [0.25, 0.3) is 0 Å². The summed E-state index contributed by atoms with van der Waals surface area (Å²) in [6.45, 7) is 7.62. The Balaban J connectivity index is 4.20. The maximum absolute atomic E-state index is 9.94. The Morgan fingerprint density at radius 1 is 0.917 bits per heavy atom. The van der Waals surface area contributed by atoms with Crippen LogP contribution < -0.4 is 0 Å². The molecule has 0 aliphatic rings. The first kappa shape index (κ1) is 11.9. The summed E-state index contributed by atoms with van der Waals surface area (Å²) < 4.78 is 0. The fourth-order valence-electron chi connectivity index (χ4n) is 1.33. The van der Waals surface area contributed by atoms with Gasteiger partial charge in [0.2, 0.25) is 0 Å². The van der Waals surface area contributed by atoms with Gasteiger partial charge in [-0.1, -0.05) is 20.8 Å². The van der Waals surface area contributed by atoms with Crippen molar-refractivity contribution in [2.45, 2.75) is 64.6 Å². The van der Waals surface area contributed by atoms with Gasteiger partial charge in [-0.05, 0) is 26.2 Å². The largest absolute Gasteiger partial charge is 0.390 e. The molecule has 2 heteroatoms. The van der Waals surface area contributed by atoms with Crippen LogP contribution in [0.3, 0.4) is 0 Å². The highest BCUT2D eigenvalue weighted by Crippen LogP contribution is 2.28. The molecule has 2 nitrogen and oxygen atoms in total. The van der Waals surface area contributed by atoms with Crippen LogP contribution in [0.4, 0.5) is 0 Å². The summed E-state index contributed by atoms with van der Waals surface area (Å²) in [5, 5.41) is 19.7. The van der Waals surface area contributed by atoms with Crippen LogP contribution in [0, 0.1) is 0 Å². The van der Waals surface area contributed by atoms with E-state index in [4.69, 9.17) is 0 Å². The lowest BCUT2D eigenvalue weighted by Crippen LogP contribution is -2.38. The number of aliphatic hydroxyl groups is 2. The van der Waals surface area contributed by atoms with E-state index in [0.717, 1.165) is 0 Å². The lowest BCUT2D eigenvalue weighted by molar-refractivity contribution is -0.0608. The topological polar surface area (TPSA) is 40.5 Å². The second-order valence-corrected chi connectivity index (χ2v) is 3.96. The Hall–Kier alpha value is -0.0800. The number of hydrogen-bond donors (Lipinski definition) is 2. The van der Waals surface area contributed by atoms with Gasteiger partial charge in [-0.15, -0.1) is 0 Å². The normalized spacial score (nSPS) is 17.5. The fourth-order valence-corrected chi connectivity index (χ4v) is 1.33. The van der Waals surface area contributed by atoms with E-state index in [9.17, 15) is 10.2 Å². The Bertz CT molecular complexity index is 126. The van der Waals surface area contributed by atoms with E-state index in [1.165, 1.54) is 0 Å². The van der Waals surface area contributed by atoms with Crippen molar-refractivity contribution in [1.29, 1.82) is 0 Å². The smallest absolute Gasteiger partial charge is 0.0669 e. The van der Waals surface area contributed by atoms with Gasteiger partial charge in [-0.3, -0.25) is 0 Å². The van der Waals surface area contributed by atoms with Gasteiger partial charge in [0.05, 0.1) is 11.2 Å². The lowest BCUT2D eigenvalue weighted by Gasteiger charge is -2.33. The molecule has 0 aromatic carbocycles. The standard InChI is InChI=1S/C10H22O2/c1-5-9(4,11)8-10(12,6-2)7-3/h11-12H,5-8H2,1-4H3. The molecule has 0 saturated carbocycles. The summed E-state index contributed by atoms with van der Waals surface area (Å²) in [5.74, 6) is 0. The number of hydrogen-bond acceptors (Lipinski definition) is 2. The minimum atomic E-state index is -0.721. The molecule has 0 amide bonds. The highest BCUT2D eigenvalue weighted by atomic mass is 16.3. The third-order valence-electron chi connectivity index (χ3n) is 2.79. The zero-order valence-corrected chi connectivity index (χ0v) is 8.72. The first-order valence-corrected chi connectivity index (χ1v) is 4.84. The molecule has 12 heavy (non-hydrogen) atoms. The number of rotatable bonds is 5. The highest BCUT2D eigenvalue weighted by Gasteiger charge is 2.31. The molecule has 1 unspecified atom stereocenters. The Morgan fingerprint density at radius 3 is 1.58 bits per heavy atom. The minimum Gasteiger partial charge on any atom is -0.390 e. The third-order valence-corrected chi connectivity index (χ3v) is 2.79. The zero-order valence-electron chi connectivity index (χ0n) is 8.72. The molecule has 0 aliphatic carbocycles. The van der Waals surface area contributed by atoms with E-state index in [1.54, 1.807) is 6.92 Å². The molecule has 0 bridgehead atoms. The Kier molecular flexibility index (Phi) is 4.21. The van der Waals surface area contributed by atoms with E-state index in [0.29, 0.717) is 25.7 Å². The minimum absolute atomic E-state index is 0.476. The molecular formula is C10H22O2. The van der Waals surface area contributed by atoms with Crippen molar-refractivity contribution < 1.29 is 10.2 Å². The third kappa shape index (κ3) is 3.55. The van der Waals surface area contributed by atoms with Crippen molar-refractivity contribution in [2.75, 3.05) is 0 Å². The van der Waals surface area contributed by atoms with Crippen LogP contribution in [-0.4, -0.2) is 21.4 Å². The van der Waals surface area contributed by atoms with Crippen molar-refractivity contribution in [3.63, 3.8) is 0 Å². The van der Waals surface area contributed by atoms with Gasteiger partial charge >= 0.3 is 0 Å². The van der Waals surface area contributed by atoms with E-state index < -0.39 is 11.2 Å². The van der Waals surface area contributed by atoms with Crippen LogP contribution >= 0.6 is 0 Å². The molecule has 2 N–H and O–H groups in total. The van der Waals surface area contributed by atoms with Crippen molar-refractivity contribution in [3.8, 4) is 0 Å². The SMILES string of the molecule is CCC(C)(O)CC(O)(CC)CC. The maximum Gasteiger partial charge on any atom is 0.0669 e. The molecule has 0 aromatic heterocycles. The van der Waals surface area contributed by atoms with E-state index in [2.05, 4.69) is 0 Å². The summed E-state index contributed by atoms with van der Waals surface area (Å²) in [5.41, 5.74) is -1.40. The molecule has 0 fully saturated rings. The Labute approximate surface area is 75.6 Å². The summed E-state index contributed by atoms with van der Waals surface area (Å²) in [7, 11) is 0. The molecule has 0 aromatic rings. The summed E-state index contributed by atoms with van der Waals surface area (Å²) in [6.07, 6.45) is 2.58. The first-order valence-electron chi connectivity index (χ1n) is 4.84. The lowest BCUT2D eigenvalue weighted by atomic mass is 9.83. The van der Waals surface area contributed by atoms with Gasteiger partial charge in [-0.2, -0.15) is 0 Å². The average molecular weight is 174 g/mol. The summed E-state index contributed by atoms with van der Waals surface area (Å²) in [4.78, 5) is 0. The highest BCUT2D eigenvalue weighted by molar-refractivity contribution is 4.84. The summed E-state index contributed by atoms with van der Waals surface area (Å²) >= 11 is 0. The molecule has 0 heterocycles. The van der Waals surface area contributed by atoms with Gasteiger partial charge < -0.3 is 10.2 Å². The average Bonchev–Trinajstić information content (AvgIpc) is 2.04. The van der Waals surface area contributed by atoms with Crippen LogP contribution in [0.2, 0.25) is 0 Å². The van der Waals surface area contributed by atoms with Gasteiger partial charge in [0.1, 0.15) is 0 Å². The predicted molar refractivity (Wildman–Crippen MR) is 51.1 cm³/mol. The molecule has 1 atom stereocenters. The van der Waals surface area contributed by atoms with Gasteiger partial charge in [0.25, 0.3) is 0 Å². The second-order valence-electron chi connectivity index (χ2n) is 3.96. The Morgan fingerprint density at radius 2 is 1.33 bits per heavy atom. The van der Waals surface area contributed by atoms with Crippen LogP contribution in [0.15, 0.2) is 0 Å². The van der Waals surface area contributed by atoms with Crippen LogP contribution in [0.5, 0.6) is 0 Å². The van der Waals surface area contributed by atoms with E-state index in [1.807, 2.05) is 20.8 Å². The van der Waals surface area contributed by atoms with Crippen LogP contribution in [-0.2, 0) is 0 Å². The van der Waals surface area contributed by atoms with Gasteiger partial charge in [-0.25, -0.2) is 0 Å². The van der Waals surface area contributed by atoms with Crippen molar-refractivity contribution in [1.82, 2.24) is 0 Å². The molecule has 74 valence electrons. The van der Waals surface area contributed by atoms with Gasteiger partial charge in [0, 0.05) is 6.42 Å². The maximum atomic E-state index is 9.94. The van der Waals surface area contributed by atoms with Crippen molar-refractivity contribution in [2.24, 2.45) is 0 Å². The van der Waals surface area contributed by atoms with E-state index in [-0.39, 0.29) is 0 Å². The molecule has 0 radical (unpaired) electrons. The monoisotopic (exact) mass is 174 g/mol. The predicted octanol–water partition coefficient (Wildman–Crippen LogP) is 2.09. The molecule has 0 aliphatic heterocycles. The van der Waals surface area contributed by atoms with Crippen molar-refractivity contribution >= 4 is 0 Å². The summed E-state index contributed by atoms with van der Waals surface area (Å²) in [6, 6.07) is 0. The zero-order chi connectivity index (χ0) is 9.83. The fraction of sp³-hybridized carbons (Fsp3) is 1.00. The molecule has 0 rings (SSSR count). The quantitative estimate of drug-likeness (QED) is 0.670. The second kappa shape index (κ2) is 4.24. The molecular weight excluding hydrogens is 152 g/mol. The molecule has 0 saturated heterocycles. The van der Waals surface area contributed by atoms with Crippen molar-refractivity contribution in [3.05, 3.63) is 0 Å². The van der Waals surface area contributed by atoms with Gasteiger partial charge in [0.15, 0.2) is 0 Å². The van der Waals surface area contributed by atoms with E-state index >= 15 is 0 Å². The first-order chi connectivity index (χ1) is 5.39. The van der Waals surface area contributed by atoms with Crippen LogP contribution in [0.1, 0.15) is 53.4 Å². The molecule has 0 spiro atoms.